The SMILES string of the molecule is COC(=O)c1c(C(=O)O)cc(C#Cc2ccc(Cl)cc2)c2ccc(C)cc12. The maximum absolute atomic E-state index is 12.3. The molecular formula is C22H15ClO4. The number of carbonyl (C=O) groups excluding carboxylic acids is 1. The highest BCUT2D eigenvalue weighted by atomic mass is 35.5. The van der Waals surface area contributed by atoms with Crippen LogP contribution in [0.1, 0.15) is 37.4 Å². The number of methoxy groups -OCH3 is 1. The molecule has 0 bridgehead atoms. The third-order valence-corrected chi connectivity index (χ3v) is 4.35. The van der Waals surface area contributed by atoms with Gasteiger partial charge in [-0.05, 0) is 48.0 Å². The van der Waals surface area contributed by atoms with Gasteiger partial charge in [0.2, 0.25) is 0 Å². The van der Waals surface area contributed by atoms with Crippen LogP contribution in [0.15, 0.2) is 48.5 Å². The van der Waals surface area contributed by atoms with E-state index < -0.39 is 11.9 Å². The molecule has 0 fully saturated rings. The third kappa shape index (κ3) is 3.79. The summed E-state index contributed by atoms with van der Waals surface area (Å²) in [4.78, 5) is 24.0. The van der Waals surface area contributed by atoms with Gasteiger partial charge in [-0.25, -0.2) is 9.59 Å². The Hall–Kier alpha value is -3.29. The standard InChI is InChI=1S/C22H15ClO4/c1-13-3-10-17-15(7-4-14-5-8-16(23)9-6-14)12-19(21(24)25)20(18(17)11-13)22(26)27-2/h3,5-6,8-12H,1-2H3,(H,24,25). The molecule has 0 saturated heterocycles. The Labute approximate surface area is 161 Å². The van der Waals surface area contributed by atoms with Gasteiger partial charge in [-0.15, -0.1) is 0 Å². The quantitative estimate of drug-likeness (QED) is 0.519. The summed E-state index contributed by atoms with van der Waals surface area (Å²) in [6.07, 6.45) is 0. The van der Waals surface area contributed by atoms with E-state index in [0.29, 0.717) is 21.4 Å². The molecule has 0 unspecified atom stereocenters. The summed E-state index contributed by atoms with van der Waals surface area (Å²) in [7, 11) is 1.23. The minimum atomic E-state index is -1.21. The number of benzene rings is 3. The Morgan fingerprint density at radius 1 is 1.00 bits per heavy atom. The Balaban J connectivity index is 2.29. The Kier molecular flexibility index (Phi) is 5.16. The first-order valence-corrected chi connectivity index (χ1v) is 8.45. The van der Waals surface area contributed by atoms with Crippen molar-refractivity contribution in [3.63, 3.8) is 0 Å². The number of aryl methyl sites for hydroxylation is 1. The molecule has 0 radical (unpaired) electrons. The zero-order chi connectivity index (χ0) is 19.6. The Morgan fingerprint density at radius 3 is 2.33 bits per heavy atom. The monoisotopic (exact) mass is 378 g/mol. The van der Waals surface area contributed by atoms with E-state index in [-0.39, 0.29) is 11.1 Å². The normalized spacial score (nSPS) is 10.2. The number of fused-ring (bicyclic) bond motifs is 1. The zero-order valence-corrected chi connectivity index (χ0v) is 15.4. The van der Waals surface area contributed by atoms with Crippen molar-refractivity contribution in [1.29, 1.82) is 0 Å². The number of carbonyl (C=O) groups is 2. The molecule has 0 aliphatic heterocycles. The maximum Gasteiger partial charge on any atom is 0.339 e. The van der Waals surface area contributed by atoms with E-state index >= 15 is 0 Å². The number of rotatable bonds is 2. The summed E-state index contributed by atoms with van der Waals surface area (Å²) in [6.45, 7) is 1.87. The lowest BCUT2D eigenvalue weighted by atomic mass is 9.93. The van der Waals surface area contributed by atoms with Crippen LogP contribution >= 0.6 is 11.6 Å². The summed E-state index contributed by atoms with van der Waals surface area (Å²) in [5, 5.41) is 11.4. The van der Waals surface area contributed by atoms with Gasteiger partial charge in [0.15, 0.2) is 0 Å². The van der Waals surface area contributed by atoms with Gasteiger partial charge in [0.25, 0.3) is 0 Å². The lowest BCUT2D eigenvalue weighted by Crippen LogP contribution is -2.12. The number of ether oxygens (including phenoxy) is 1. The summed E-state index contributed by atoms with van der Waals surface area (Å²) in [5.74, 6) is 4.11. The van der Waals surface area contributed by atoms with E-state index in [4.69, 9.17) is 16.3 Å². The molecule has 27 heavy (non-hydrogen) atoms. The van der Waals surface area contributed by atoms with Crippen molar-refractivity contribution >= 4 is 34.3 Å². The fourth-order valence-electron chi connectivity index (χ4n) is 2.81. The van der Waals surface area contributed by atoms with Crippen molar-refractivity contribution in [3.05, 3.63) is 81.4 Å². The van der Waals surface area contributed by atoms with Crippen molar-refractivity contribution in [2.45, 2.75) is 6.92 Å². The molecule has 0 heterocycles. The molecule has 1 N–H and O–H groups in total. The van der Waals surface area contributed by atoms with E-state index in [1.54, 1.807) is 30.3 Å². The molecule has 0 amide bonds. The van der Waals surface area contributed by atoms with Gasteiger partial charge in [0.1, 0.15) is 0 Å². The zero-order valence-electron chi connectivity index (χ0n) is 14.7. The first-order valence-electron chi connectivity index (χ1n) is 8.07. The van der Waals surface area contributed by atoms with Crippen molar-refractivity contribution in [3.8, 4) is 11.8 Å². The molecule has 134 valence electrons. The smallest absolute Gasteiger partial charge is 0.339 e. The second-order valence-corrected chi connectivity index (χ2v) is 6.39. The number of carboxylic acids is 1. The van der Waals surface area contributed by atoms with E-state index in [2.05, 4.69) is 11.8 Å². The highest BCUT2D eigenvalue weighted by Crippen LogP contribution is 2.28. The van der Waals surface area contributed by atoms with Gasteiger partial charge < -0.3 is 9.84 Å². The predicted molar refractivity (Wildman–Crippen MR) is 104 cm³/mol. The van der Waals surface area contributed by atoms with Crippen molar-refractivity contribution < 1.29 is 19.4 Å². The summed E-state index contributed by atoms with van der Waals surface area (Å²) < 4.78 is 4.80. The fourth-order valence-corrected chi connectivity index (χ4v) is 2.93. The molecule has 3 rings (SSSR count). The summed E-state index contributed by atoms with van der Waals surface area (Å²) in [5.41, 5.74) is 2.05. The van der Waals surface area contributed by atoms with E-state index in [1.165, 1.54) is 13.2 Å². The Morgan fingerprint density at radius 2 is 1.70 bits per heavy atom. The van der Waals surface area contributed by atoms with Crippen molar-refractivity contribution in [2.24, 2.45) is 0 Å². The molecule has 0 atom stereocenters. The van der Waals surface area contributed by atoms with Gasteiger partial charge >= 0.3 is 11.9 Å². The minimum Gasteiger partial charge on any atom is -0.478 e. The largest absolute Gasteiger partial charge is 0.478 e. The summed E-state index contributed by atoms with van der Waals surface area (Å²) >= 11 is 5.88. The number of halogens is 1. The number of hydrogen-bond donors (Lipinski definition) is 1. The second-order valence-electron chi connectivity index (χ2n) is 5.95. The number of carboxylic acid groups (broad SMARTS) is 1. The topological polar surface area (TPSA) is 63.6 Å². The first-order chi connectivity index (χ1) is 12.9. The van der Waals surface area contributed by atoms with Crippen LogP contribution < -0.4 is 0 Å². The van der Waals surface area contributed by atoms with Gasteiger partial charge in [-0.2, -0.15) is 0 Å². The average Bonchev–Trinajstić information content (AvgIpc) is 2.65. The number of aromatic carboxylic acids is 1. The lowest BCUT2D eigenvalue weighted by Gasteiger charge is -2.11. The van der Waals surface area contributed by atoms with E-state index in [1.807, 2.05) is 19.1 Å². The molecule has 3 aromatic rings. The predicted octanol–water partition coefficient (Wildman–Crippen LogP) is 4.69. The van der Waals surface area contributed by atoms with Crippen molar-refractivity contribution in [2.75, 3.05) is 7.11 Å². The highest BCUT2D eigenvalue weighted by molar-refractivity contribution is 6.30. The molecule has 5 heteroatoms. The molecule has 0 aliphatic carbocycles. The second kappa shape index (κ2) is 7.53. The van der Waals surface area contributed by atoms with Gasteiger partial charge in [-0.1, -0.05) is 47.2 Å². The van der Waals surface area contributed by atoms with Crippen LogP contribution in [0.25, 0.3) is 10.8 Å². The van der Waals surface area contributed by atoms with Crippen LogP contribution in [0.5, 0.6) is 0 Å². The van der Waals surface area contributed by atoms with Crippen LogP contribution in [0.2, 0.25) is 5.02 Å². The number of esters is 1. The molecule has 0 aromatic heterocycles. The lowest BCUT2D eigenvalue weighted by molar-refractivity contribution is 0.0585. The molecule has 4 nitrogen and oxygen atoms in total. The van der Waals surface area contributed by atoms with Crippen LogP contribution in [0, 0.1) is 18.8 Å². The van der Waals surface area contributed by atoms with E-state index in [9.17, 15) is 14.7 Å². The average molecular weight is 379 g/mol. The van der Waals surface area contributed by atoms with Crippen LogP contribution in [-0.2, 0) is 4.74 Å². The third-order valence-electron chi connectivity index (χ3n) is 4.10. The minimum absolute atomic E-state index is 0.0285. The molecule has 0 saturated carbocycles. The molecule has 3 aromatic carbocycles. The van der Waals surface area contributed by atoms with Crippen molar-refractivity contribution in [1.82, 2.24) is 0 Å². The fraction of sp³-hybridized carbons (Fsp3) is 0.0909. The summed E-state index contributed by atoms with van der Waals surface area (Å²) in [6, 6.07) is 13.9. The number of hydrogen-bond acceptors (Lipinski definition) is 3. The molecule has 0 aliphatic rings. The van der Waals surface area contributed by atoms with E-state index in [0.717, 1.165) is 11.1 Å². The van der Waals surface area contributed by atoms with Crippen LogP contribution in [-0.4, -0.2) is 24.2 Å². The Bertz CT molecular complexity index is 1120. The van der Waals surface area contributed by atoms with Gasteiger partial charge in [-0.3, -0.25) is 0 Å². The molecule has 0 spiro atoms. The highest BCUT2D eigenvalue weighted by Gasteiger charge is 2.22. The maximum atomic E-state index is 12.3. The van der Waals surface area contributed by atoms with Gasteiger partial charge in [0.05, 0.1) is 18.2 Å². The van der Waals surface area contributed by atoms with Crippen LogP contribution in [0.3, 0.4) is 0 Å². The molecular weight excluding hydrogens is 364 g/mol. The first kappa shape index (κ1) is 18.5. The van der Waals surface area contributed by atoms with Gasteiger partial charge in [0, 0.05) is 16.1 Å². The van der Waals surface area contributed by atoms with Crippen LogP contribution in [0.4, 0.5) is 0 Å².